The third-order valence-corrected chi connectivity index (χ3v) is 2.89. The number of rotatable bonds is 1. The number of aryl methyl sites for hydroxylation is 1. The third-order valence-electron chi connectivity index (χ3n) is 2.89. The van der Waals surface area contributed by atoms with Gasteiger partial charge in [0.05, 0.1) is 13.1 Å². The lowest BCUT2D eigenvalue weighted by Gasteiger charge is -2.33. The highest BCUT2D eigenvalue weighted by Gasteiger charge is 2.29. The number of amides is 1. The van der Waals surface area contributed by atoms with E-state index in [4.69, 9.17) is 4.74 Å². The van der Waals surface area contributed by atoms with E-state index in [1.165, 1.54) is 18.7 Å². The Bertz CT molecular complexity index is 593. The summed E-state index contributed by atoms with van der Waals surface area (Å²) in [5, 5.41) is 0. The topological polar surface area (TPSA) is 81.5 Å². The van der Waals surface area contributed by atoms with Crippen LogP contribution in [0.4, 0.5) is 5.95 Å². The van der Waals surface area contributed by atoms with Gasteiger partial charge in [-0.3, -0.25) is 19.3 Å². The van der Waals surface area contributed by atoms with E-state index >= 15 is 0 Å². The average molecular weight is 265 g/mol. The molecular formula is C12H15N3O4. The van der Waals surface area contributed by atoms with E-state index in [0.29, 0.717) is 18.1 Å². The minimum absolute atomic E-state index is 0.213. The maximum Gasteiger partial charge on any atom is 0.303 e. The molecule has 1 aliphatic heterocycles. The van der Waals surface area contributed by atoms with E-state index in [9.17, 15) is 14.4 Å². The van der Waals surface area contributed by atoms with Gasteiger partial charge < -0.3 is 9.30 Å². The summed E-state index contributed by atoms with van der Waals surface area (Å²) in [5.74, 6) is -0.351. The second kappa shape index (κ2) is 4.83. The highest BCUT2D eigenvalue weighted by atomic mass is 16.5. The van der Waals surface area contributed by atoms with Gasteiger partial charge in [-0.25, -0.2) is 0 Å². The molecule has 102 valence electrons. The molecule has 1 amide bonds. The van der Waals surface area contributed by atoms with Gasteiger partial charge in [0, 0.05) is 25.6 Å². The van der Waals surface area contributed by atoms with E-state index in [0.717, 1.165) is 0 Å². The van der Waals surface area contributed by atoms with E-state index in [-0.39, 0.29) is 18.0 Å². The van der Waals surface area contributed by atoms with E-state index in [1.54, 1.807) is 17.7 Å². The summed E-state index contributed by atoms with van der Waals surface area (Å²) >= 11 is 0. The Labute approximate surface area is 109 Å². The van der Waals surface area contributed by atoms with Gasteiger partial charge in [-0.2, -0.15) is 4.98 Å². The third kappa shape index (κ3) is 2.64. The summed E-state index contributed by atoms with van der Waals surface area (Å²) < 4.78 is 6.80. The number of ether oxygens (including phenoxy) is 1. The zero-order valence-corrected chi connectivity index (χ0v) is 11.0. The van der Waals surface area contributed by atoms with Crippen molar-refractivity contribution >= 4 is 17.8 Å². The first-order valence-corrected chi connectivity index (χ1v) is 5.92. The molecule has 7 heteroatoms. The minimum atomic E-state index is -0.433. The van der Waals surface area contributed by atoms with Crippen molar-refractivity contribution in [2.45, 2.75) is 33.4 Å². The summed E-state index contributed by atoms with van der Waals surface area (Å²) in [6, 6.07) is 0. The Kier molecular flexibility index (Phi) is 3.37. The molecule has 1 aliphatic rings. The van der Waals surface area contributed by atoms with E-state index < -0.39 is 12.1 Å². The van der Waals surface area contributed by atoms with Crippen molar-refractivity contribution in [3.05, 3.63) is 22.1 Å². The number of hydrogen-bond donors (Lipinski definition) is 0. The van der Waals surface area contributed by atoms with Gasteiger partial charge in [0.1, 0.15) is 6.10 Å². The summed E-state index contributed by atoms with van der Waals surface area (Å²) in [4.78, 5) is 39.5. The fourth-order valence-corrected chi connectivity index (χ4v) is 2.08. The first kappa shape index (κ1) is 13.3. The Hall–Kier alpha value is -2.18. The van der Waals surface area contributed by atoms with E-state index in [2.05, 4.69) is 4.98 Å². The van der Waals surface area contributed by atoms with Gasteiger partial charge in [-0.05, 0) is 6.92 Å². The predicted molar refractivity (Wildman–Crippen MR) is 66.8 cm³/mol. The van der Waals surface area contributed by atoms with Crippen molar-refractivity contribution in [3.63, 3.8) is 0 Å². The standard InChI is InChI=1S/C12H15N3O4/c1-7-4-14-5-10(19-9(3)17)6-15(8(2)16)12(14)13-11(7)18/h4,10H,5-6H2,1-3H3. The lowest BCUT2D eigenvalue weighted by atomic mass is 10.2. The van der Waals surface area contributed by atoms with Crippen LogP contribution in [0.2, 0.25) is 0 Å². The molecule has 1 unspecified atom stereocenters. The Morgan fingerprint density at radius 2 is 2.05 bits per heavy atom. The summed E-state index contributed by atoms with van der Waals surface area (Å²) in [6.07, 6.45) is 1.19. The molecule has 1 atom stereocenters. The molecule has 2 rings (SSSR count). The Balaban J connectivity index is 2.43. The zero-order chi connectivity index (χ0) is 14.2. The summed E-state index contributed by atoms with van der Waals surface area (Å²) in [6.45, 7) is 4.95. The Morgan fingerprint density at radius 1 is 1.37 bits per heavy atom. The molecule has 0 fully saturated rings. The molecule has 7 nitrogen and oxygen atoms in total. The number of nitrogens with zero attached hydrogens (tertiary/aromatic N) is 3. The first-order valence-electron chi connectivity index (χ1n) is 5.92. The lowest BCUT2D eigenvalue weighted by molar-refractivity contribution is -0.147. The molecule has 0 saturated heterocycles. The highest BCUT2D eigenvalue weighted by molar-refractivity contribution is 5.90. The van der Waals surface area contributed by atoms with Gasteiger partial charge in [-0.15, -0.1) is 0 Å². The summed E-state index contributed by atoms with van der Waals surface area (Å²) in [5.41, 5.74) is 0.124. The molecule has 1 aromatic rings. The van der Waals surface area contributed by atoms with E-state index in [1.807, 2.05) is 0 Å². The van der Waals surface area contributed by atoms with Crippen LogP contribution in [0, 0.1) is 6.92 Å². The van der Waals surface area contributed by atoms with Crippen LogP contribution in [0.15, 0.2) is 11.0 Å². The molecule has 19 heavy (non-hydrogen) atoms. The van der Waals surface area contributed by atoms with Crippen LogP contribution in [0.5, 0.6) is 0 Å². The number of fused-ring (bicyclic) bond motifs is 1. The molecule has 0 radical (unpaired) electrons. The number of carbonyl (C=O) groups is 2. The molecular weight excluding hydrogens is 250 g/mol. The minimum Gasteiger partial charge on any atom is -0.459 e. The number of anilines is 1. The smallest absolute Gasteiger partial charge is 0.303 e. The van der Waals surface area contributed by atoms with Crippen LogP contribution in [-0.2, 0) is 20.9 Å². The van der Waals surface area contributed by atoms with Crippen molar-refractivity contribution in [3.8, 4) is 0 Å². The molecule has 0 saturated carbocycles. The van der Waals surface area contributed by atoms with Gasteiger partial charge >= 0.3 is 5.97 Å². The second-order valence-electron chi connectivity index (χ2n) is 4.54. The largest absolute Gasteiger partial charge is 0.459 e. The molecule has 0 N–H and O–H groups in total. The molecule has 1 aromatic heterocycles. The van der Waals surface area contributed by atoms with Crippen molar-refractivity contribution in [2.24, 2.45) is 0 Å². The number of aromatic nitrogens is 2. The predicted octanol–water partition coefficient (Wildman–Crippen LogP) is -0.150. The SMILES string of the molecule is CC(=O)OC1CN(C(C)=O)c2nc(=O)c(C)cn2C1. The van der Waals surface area contributed by atoms with Gasteiger partial charge in [0.15, 0.2) is 0 Å². The van der Waals surface area contributed by atoms with Crippen LogP contribution in [-0.4, -0.2) is 34.1 Å². The van der Waals surface area contributed by atoms with Crippen molar-refractivity contribution in [1.82, 2.24) is 9.55 Å². The maximum atomic E-state index is 11.6. The average Bonchev–Trinajstić information content (AvgIpc) is 2.29. The van der Waals surface area contributed by atoms with Gasteiger partial charge in [0.2, 0.25) is 11.9 Å². The second-order valence-corrected chi connectivity index (χ2v) is 4.54. The quantitative estimate of drug-likeness (QED) is 0.660. The fourth-order valence-electron chi connectivity index (χ4n) is 2.08. The summed E-state index contributed by atoms with van der Waals surface area (Å²) in [7, 11) is 0. The molecule has 0 spiro atoms. The van der Waals surface area contributed by atoms with Crippen LogP contribution >= 0.6 is 0 Å². The van der Waals surface area contributed by atoms with Gasteiger partial charge in [-0.1, -0.05) is 0 Å². The van der Waals surface area contributed by atoms with Crippen molar-refractivity contribution < 1.29 is 14.3 Å². The van der Waals surface area contributed by atoms with Crippen LogP contribution in [0.1, 0.15) is 19.4 Å². The maximum absolute atomic E-state index is 11.6. The van der Waals surface area contributed by atoms with Gasteiger partial charge in [0.25, 0.3) is 5.56 Å². The zero-order valence-electron chi connectivity index (χ0n) is 11.0. The van der Waals surface area contributed by atoms with Crippen LogP contribution in [0.3, 0.4) is 0 Å². The molecule has 0 bridgehead atoms. The fraction of sp³-hybridized carbons (Fsp3) is 0.500. The highest BCUT2D eigenvalue weighted by Crippen LogP contribution is 2.19. The first-order chi connectivity index (χ1) is 8.88. The van der Waals surface area contributed by atoms with Crippen LogP contribution in [0.25, 0.3) is 0 Å². The normalized spacial score (nSPS) is 17.8. The monoisotopic (exact) mass is 265 g/mol. The number of esters is 1. The molecule has 2 heterocycles. The Morgan fingerprint density at radius 3 is 2.63 bits per heavy atom. The lowest BCUT2D eigenvalue weighted by Crippen LogP contribution is -2.47. The number of carbonyl (C=O) groups excluding carboxylic acids is 2. The number of hydrogen-bond acceptors (Lipinski definition) is 5. The molecule has 0 aliphatic carbocycles. The molecule has 0 aromatic carbocycles. The van der Waals surface area contributed by atoms with Crippen molar-refractivity contribution in [1.29, 1.82) is 0 Å². The van der Waals surface area contributed by atoms with Crippen molar-refractivity contribution in [2.75, 3.05) is 11.4 Å². The van der Waals surface area contributed by atoms with Crippen LogP contribution < -0.4 is 10.5 Å².